The molecule has 0 spiro atoms. The van der Waals surface area contributed by atoms with Gasteiger partial charge < -0.3 is 20.9 Å². The van der Waals surface area contributed by atoms with Gasteiger partial charge in [0.2, 0.25) is 5.91 Å². The fraction of sp³-hybridized carbons (Fsp3) is 0.391. The van der Waals surface area contributed by atoms with Crippen LogP contribution in [0.3, 0.4) is 0 Å². The molecule has 2 aliphatic heterocycles. The molecule has 0 aliphatic carbocycles. The maximum Gasteiger partial charge on any atom is 0.319 e. The van der Waals surface area contributed by atoms with E-state index in [1.807, 2.05) is 35.2 Å². The minimum absolute atomic E-state index is 0.0186. The first-order valence-electron chi connectivity index (χ1n) is 10.8. The number of hydrogen-bond donors (Lipinski definition) is 3. The van der Waals surface area contributed by atoms with Crippen molar-refractivity contribution in [3.8, 4) is 0 Å². The molecular weight excluding hydrogens is 414 g/mol. The van der Waals surface area contributed by atoms with Crippen LogP contribution in [0.15, 0.2) is 48.5 Å². The monoisotopic (exact) mass is 441 g/mol. The summed E-state index contributed by atoms with van der Waals surface area (Å²) in [5.41, 5.74) is 2.62. The highest BCUT2D eigenvalue weighted by Crippen LogP contribution is 2.29. The Morgan fingerprint density at radius 1 is 1.10 bits per heavy atom. The van der Waals surface area contributed by atoms with Gasteiger partial charge in [0.15, 0.2) is 0 Å². The third-order valence-corrected chi connectivity index (χ3v) is 6.11. The molecular formula is C23H28ClN5O2. The second-order valence-corrected chi connectivity index (χ2v) is 8.35. The first-order chi connectivity index (χ1) is 15.1. The van der Waals surface area contributed by atoms with Gasteiger partial charge in [0.05, 0.1) is 23.3 Å². The summed E-state index contributed by atoms with van der Waals surface area (Å²) in [6.07, 6.45) is 2.39. The lowest BCUT2D eigenvalue weighted by molar-refractivity contribution is -0.120. The molecule has 2 heterocycles. The molecule has 2 aliphatic rings. The fourth-order valence-corrected chi connectivity index (χ4v) is 4.54. The summed E-state index contributed by atoms with van der Waals surface area (Å²) in [6.45, 7) is 4.21. The number of rotatable bonds is 6. The van der Waals surface area contributed by atoms with E-state index >= 15 is 0 Å². The minimum atomic E-state index is -0.263. The molecule has 0 bridgehead atoms. The molecule has 7 nitrogen and oxygen atoms in total. The van der Waals surface area contributed by atoms with Crippen LogP contribution in [0, 0.1) is 0 Å². The number of amides is 3. The average Bonchev–Trinajstić information content (AvgIpc) is 3.29. The minimum Gasteiger partial charge on any atom is -0.359 e. The molecule has 8 heteroatoms. The highest BCUT2D eigenvalue weighted by molar-refractivity contribution is 6.33. The number of likely N-dealkylation sites (tertiary alicyclic amines) is 1. The molecule has 1 unspecified atom stereocenters. The standard InChI is InChI=1S/C23H28ClN5O2/c24-19-14-18(8-9-20(19)29-13-10-25-22(30)16-29)27-23(31)26-15-21(28-11-4-5-12-28)17-6-2-1-3-7-17/h1-3,6-9,14,21H,4-5,10-13,15-16H2,(H,25,30)(H2,26,27,31). The quantitative estimate of drug-likeness (QED) is 0.643. The molecule has 3 amide bonds. The van der Waals surface area contributed by atoms with Crippen molar-refractivity contribution in [2.24, 2.45) is 0 Å². The summed E-state index contributed by atoms with van der Waals surface area (Å²) in [5.74, 6) is -0.0186. The molecule has 31 heavy (non-hydrogen) atoms. The predicted octanol–water partition coefficient (Wildman–Crippen LogP) is 3.23. The smallest absolute Gasteiger partial charge is 0.319 e. The zero-order valence-electron chi connectivity index (χ0n) is 17.4. The van der Waals surface area contributed by atoms with E-state index in [-0.39, 0.29) is 24.5 Å². The zero-order valence-corrected chi connectivity index (χ0v) is 18.2. The number of hydrogen-bond acceptors (Lipinski definition) is 4. The number of carbonyl (C=O) groups excluding carboxylic acids is 2. The van der Waals surface area contributed by atoms with Crippen molar-refractivity contribution in [1.82, 2.24) is 15.5 Å². The topological polar surface area (TPSA) is 76.7 Å². The number of nitrogens with zero attached hydrogens (tertiary/aromatic N) is 2. The first-order valence-corrected chi connectivity index (χ1v) is 11.1. The van der Waals surface area contributed by atoms with Gasteiger partial charge >= 0.3 is 6.03 Å². The largest absolute Gasteiger partial charge is 0.359 e. The Labute approximate surface area is 187 Å². The number of urea groups is 1. The van der Waals surface area contributed by atoms with Crippen molar-refractivity contribution in [2.45, 2.75) is 18.9 Å². The summed E-state index contributed by atoms with van der Waals surface area (Å²) in [6, 6.07) is 15.6. The number of piperazine rings is 1. The third-order valence-electron chi connectivity index (χ3n) is 5.81. The lowest BCUT2D eigenvalue weighted by Crippen LogP contribution is -2.47. The summed E-state index contributed by atoms with van der Waals surface area (Å²) < 4.78 is 0. The Balaban J connectivity index is 1.36. The van der Waals surface area contributed by atoms with E-state index in [0.717, 1.165) is 18.8 Å². The summed E-state index contributed by atoms with van der Waals surface area (Å²) in [7, 11) is 0. The van der Waals surface area contributed by atoms with Gasteiger partial charge in [-0.3, -0.25) is 9.69 Å². The molecule has 0 aromatic heterocycles. The van der Waals surface area contributed by atoms with Crippen LogP contribution in [0.25, 0.3) is 0 Å². The molecule has 0 radical (unpaired) electrons. The van der Waals surface area contributed by atoms with Crippen molar-refractivity contribution in [3.63, 3.8) is 0 Å². The maximum atomic E-state index is 12.6. The van der Waals surface area contributed by atoms with E-state index in [4.69, 9.17) is 11.6 Å². The van der Waals surface area contributed by atoms with Crippen molar-refractivity contribution in [3.05, 3.63) is 59.1 Å². The van der Waals surface area contributed by atoms with E-state index in [9.17, 15) is 9.59 Å². The van der Waals surface area contributed by atoms with E-state index < -0.39 is 0 Å². The second-order valence-electron chi connectivity index (χ2n) is 7.94. The van der Waals surface area contributed by atoms with Crippen LogP contribution < -0.4 is 20.9 Å². The molecule has 0 saturated carbocycles. The van der Waals surface area contributed by atoms with Gasteiger partial charge in [0, 0.05) is 25.3 Å². The zero-order chi connectivity index (χ0) is 21.6. The number of benzene rings is 2. The normalized spacial score (nSPS) is 17.8. The number of anilines is 2. The maximum absolute atomic E-state index is 12.6. The second kappa shape index (κ2) is 10.0. The van der Waals surface area contributed by atoms with Gasteiger partial charge in [-0.25, -0.2) is 4.79 Å². The Kier molecular flexibility index (Phi) is 6.94. The van der Waals surface area contributed by atoms with Crippen LogP contribution >= 0.6 is 11.6 Å². The van der Waals surface area contributed by atoms with Crippen molar-refractivity contribution in [1.29, 1.82) is 0 Å². The average molecular weight is 442 g/mol. The van der Waals surface area contributed by atoms with Crippen LogP contribution in [0.1, 0.15) is 24.4 Å². The molecule has 2 saturated heterocycles. The Bertz CT molecular complexity index is 917. The lowest BCUT2D eigenvalue weighted by Gasteiger charge is -2.29. The van der Waals surface area contributed by atoms with Crippen LogP contribution in [0.2, 0.25) is 5.02 Å². The molecule has 164 valence electrons. The van der Waals surface area contributed by atoms with Crippen molar-refractivity contribution < 1.29 is 9.59 Å². The number of halogens is 1. The van der Waals surface area contributed by atoms with E-state index in [1.165, 1.54) is 18.4 Å². The molecule has 3 N–H and O–H groups in total. The molecule has 2 fully saturated rings. The van der Waals surface area contributed by atoms with Gasteiger partial charge in [-0.2, -0.15) is 0 Å². The van der Waals surface area contributed by atoms with Gasteiger partial charge in [-0.15, -0.1) is 0 Å². The van der Waals surface area contributed by atoms with Crippen molar-refractivity contribution in [2.75, 3.05) is 49.5 Å². The van der Waals surface area contributed by atoms with E-state index in [2.05, 4.69) is 33.0 Å². The van der Waals surface area contributed by atoms with Crippen LogP contribution in [0.4, 0.5) is 16.2 Å². The summed E-state index contributed by atoms with van der Waals surface area (Å²) in [4.78, 5) is 28.6. The highest BCUT2D eigenvalue weighted by Gasteiger charge is 2.24. The van der Waals surface area contributed by atoms with Gasteiger partial charge in [-0.1, -0.05) is 41.9 Å². The van der Waals surface area contributed by atoms with Gasteiger partial charge in [0.25, 0.3) is 0 Å². The van der Waals surface area contributed by atoms with Crippen LogP contribution in [-0.2, 0) is 4.79 Å². The molecule has 2 aromatic carbocycles. The van der Waals surface area contributed by atoms with E-state index in [1.54, 1.807) is 6.07 Å². The fourth-order valence-electron chi connectivity index (χ4n) is 4.24. The first kappa shape index (κ1) is 21.5. The van der Waals surface area contributed by atoms with Crippen LogP contribution in [0.5, 0.6) is 0 Å². The van der Waals surface area contributed by atoms with Gasteiger partial charge in [0.1, 0.15) is 0 Å². The Morgan fingerprint density at radius 3 is 2.58 bits per heavy atom. The molecule has 1 atom stereocenters. The predicted molar refractivity (Wildman–Crippen MR) is 124 cm³/mol. The molecule has 2 aromatic rings. The lowest BCUT2D eigenvalue weighted by atomic mass is 10.1. The summed E-state index contributed by atoms with van der Waals surface area (Å²) >= 11 is 6.44. The number of nitrogens with one attached hydrogen (secondary N) is 3. The highest BCUT2D eigenvalue weighted by atomic mass is 35.5. The Hall–Kier alpha value is -2.77. The summed E-state index contributed by atoms with van der Waals surface area (Å²) in [5, 5.41) is 9.19. The van der Waals surface area contributed by atoms with Crippen molar-refractivity contribution >= 4 is 34.9 Å². The van der Waals surface area contributed by atoms with Crippen LogP contribution in [-0.4, -0.2) is 56.1 Å². The van der Waals surface area contributed by atoms with Gasteiger partial charge in [-0.05, 0) is 49.7 Å². The Morgan fingerprint density at radius 2 is 1.87 bits per heavy atom. The SMILES string of the molecule is O=C1CN(c2ccc(NC(=O)NCC(c3ccccc3)N3CCCC3)cc2Cl)CCN1. The molecule has 4 rings (SSSR count). The third kappa shape index (κ3) is 5.48. The van der Waals surface area contributed by atoms with E-state index in [0.29, 0.717) is 30.3 Å². The number of carbonyl (C=O) groups is 2.